The van der Waals surface area contributed by atoms with Crippen LogP contribution in [0.5, 0.6) is 0 Å². The Bertz CT molecular complexity index is 355. The highest BCUT2D eigenvalue weighted by Gasteiger charge is 2.37. The van der Waals surface area contributed by atoms with E-state index in [1.54, 1.807) is 6.92 Å². The molecular formula is C12H19N3OS. The quantitative estimate of drug-likeness (QED) is 0.513. The molecule has 94 valence electrons. The number of rotatable bonds is 2. The van der Waals surface area contributed by atoms with Crippen molar-refractivity contribution in [3.8, 4) is 0 Å². The van der Waals surface area contributed by atoms with Crippen molar-refractivity contribution >= 4 is 24.4 Å². The van der Waals surface area contributed by atoms with Crippen LogP contribution < -0.4 is 5.32 Å². The van der Waals surface area contributed by atoms with Gasteiger partial charge in [-0.25, -0.2) is 4.79 Å². The summed E-state index contributed by atoms with van der Waals surface area (Å²) in [4.78, 5) is 13.8. The van der Waals surface area contributed by atoms with Gasteiger partial charge >= 0.3 is 6.03 Å². The molecule has 2 N–H and O–H groups in total. The Balaban J connectivity index is 1.87. The first-order valence-electron chi connectivity index (χ1n) is 6.08. The van der Waals surface area contributed by atoms with Crippen molar-refractivity contribution in [1.82, 2.24) is 10.2 Å². The topological polar surface area (TPSA) is 56.2 Å². The molecule has 5 heteroatoms. The Labute approximate surface area is 107 Å². The van der Waals surface area contributed by atoms with Gasteiger partial charge in [0.2, 0.25) is 0 Å². The molecule has 1 aliphatic heterocycles. The SMILES string of the molecule is CC(=N)/C=C(\S)NC(=O)N1CC2CCC[C@@H]2C1. The number of carbonyl (C=O) groups is 1. The van der Waals surface area contributed by atoms with Crippen LogP contribution in [0, 0.1) is 17.2 Å². The predicted molar refractivity (Wildman–Crippen MR) is 71.4 cm³/mol. The molecule has 0 bridgehead atoms. The van der Waals surface area contributed by atoms with Crippen LogP contribution in [0.1, 0.15) is 26.2 Å². The second-order valence-electron chi connectivity index (χ2n) is 5.00. The van der Waals surface area contributed by atoms with E-state index in [4.69, 9.17) is 5.41 Å². The van der Waals surface area contributed by atoms with Gasteiger partial charge in [0.25, 0.3) is 0 Å². The van der Waals surface area contributed by atoms with Crippen LogP contribution >= 0.6 is 12.6 Å². The van der Waals surface area contributed by atoms with Crippen LogP contribution in [0.4, 0.5) is 4.79 Å². The zero-order chi connectivity index (χ0) is 12.4. The summed E-state index contributed by atoms with van der Waals surface area (Å²) in [5.41, 5.74) is 0.383. The Morgan fingerprint density at radius 3 is 2.53 bits per heavy atom. The average molecular weight is 253 g/mol. The summed E-state index contributed by atoms with van der Waals surface area (Å²) in [6.45, 7) is 3.41. The van der Waals surface area contributed by atoms with Gasteiger partial charge < -0.3 is 15.6 Å². The van der Waals surface area contributed by atoms with Gasteiger partial charge in [-0.1, -0.05) is 6.42 Å². The maximum Gasteiger partial charge on any atom is 0.322 e. The molecule has 1 saturated heterocycles. The minimum atomic E-state index is -0.0816. The zero-order valence-corrected chi connectivity index (χ0v) is 11.0. The Morgan fingerprint density at radius 1 is 1.41 bits per heavy atom. The molecule has 2 rings (SSSR count). The number of allylic oxidation sites excluding steroid dienone is 1. The average Bonchev–Trinajstić information content (AvgIpc) is 2.73. The van der Waals surface area contributed by atoms with Gasteiger partial charge in [-0.05, 0) is 37.7 Å². The molecule has 1 heterocycles. The maximum absolute atomic E-state index is 11.9. The maximum atomic E-state index is 11.9. The lowest BCUT2D eigenvalue weighted by Crippen LogP contribution is -2.37. The van der Waals surface area contributed by atoms with Crippen LogP contribution in [0.2, 0.25) is 0 Å². The number of amides is 2. The zero-order valence-electron chi connectivity index (χ0n) is 10.1. The highest BCUT2D eigenvalue weighted by atomic mass is 32.1. The second kappa shape index (κ2) is 5.12. The molecule has 2 aliphatic rings. The molecule has 4 nitrogen and oxygen atoms in total. The number of nitrogens with one attached hydrogen (secondary N) is 2. The van der Waals surface area contributed by atoms with Crippen LogP contribution in [0.3, 0.4) is 0 Å². The molecule has 0 spiro atoms. The predicted octanol–water partition coefficient (Wildman–Crippen LogP) is 2.24. The number of fused-ring (bicyclic) bond motifs is 1. The smallest absolute Gasteiger partial charge is 0.322 e. The second-order valence-corrected chi connectivity index (χ2v) is 5.48. The van der Waals surface area contributed by atoms with E-state index in [1.807, 2.05) is 4.90 Å². The first-order chi connectivity index (χ1) is 8.06. The molecular weight excluding hydrogens is 234 g/mol. The number of thiol groups is 1. The molecule has 0 radical (unpaired) electrons. The molecule has 1 unspecified atom stereocenters. The largest absolute Gasteiger partial charge is 0.324 e. The molecule has 0 aromatic heterocycles. The molecule has 2 amide bonds. The number of likely N-dealkylation sites (tertiary alicyclic amines) is 1. The number of hydrogen-bond donors (Lipinski definition) is 3. The summed E-state index contributed by atoms with van der Waals surface area (Å²) in [5.74, 6) is 1.41. The number of carbonyl (C=O) groups excluding carboxylic acids is 1. The summed E-state index contributed by atoms with van der Waals surface area (Å²) < 4.78 is 0. The van der Waals surface area contributed by atoms with Crippen LogP contribution in [-0.4, -0.2) is 29.7 Å². The van der Waals surface area contributed by atoms with Gasteiger partial charge in [0.15, 0.2) is 0 Å². The third kappa shape index (κ3) is 3.03. The van der Waals surface area contributed by atoms with E-state index in [0.29, 0.717) is 22.6 Å². The number of urea groups is 1. The highest BCUT2D eigenvalue weighted by molar-refractivity contribution is 7.84. The van der Waals surface area contributed by atoms with Gasteiger partial charge in [-0.2, -0.15) is 0 Å². The van der Waals surface area contributed by atoms with Crippen molar-refractivity contribution in [1.29, 1.82) is 5.41 Å². The van der Waals surface area contributed by atoms with E-state index < -0.39 is 0 Å². The Morgan fingerprint density at radius 2 is 2.00 bits per heavy atom. The fraction of sp³-hybridized carbons (Fsp3) is 0.667. The summed E-state index contributed by atoms with van der Waals surface area (Å²) in [7, 11) is 0. The van der Waals surface area contributed by atoms with Crippen molar-refractivity contribution in [3.05, 3.63) is 11.1 Å². The van der Waals surface area contributed by atoms with E-state index in [9.17, 15) is 4.79 Å². The van der Waals surface area contributed by atoms with Crippen molar-refractivity contribution in [3.63, 3.8) is 0 Å². The van der Waals surface area contributed by atoms with Crippen LogP contribution in [-0.2, 0) is 0 Å². The minimum absolute atomic E-state index is 0.0816. The number of nitrogens with zero attached hydrogens (tertiary/aromatic N) is 1. The van der Waals surface area contributed by atoms with Crippen molar-refractivity contribution in [2.45, 2.75) is 26.2 Å². The van der Waals surface area contributed by atoms with Crippen molar-refractivity contribution in [2.24, 2.45) is 11.8 Å². The van der Waals surface area contributed by atoms with Crippen molar-refractivity contribution in [2.75, 3.05) is 13.1 Å². The van der Waals surface area contributed by atoms with Gasteiger partial charge in [0, 0.05) is 18.8 Å². The molecule has 1 aliphatic carbocycles. The lowest BCUT2D eigenvalue weighted by Gasteiger charge is -2.17. The minimum Gasteiger partial charge on any atom is -0.324 e. The van der Waals surface area contributed by atoms with E-state index in [0.717, 1.165) is 13.1 Å². The lowest BCUT2D eigenvalue weighted by molar-refractivity contribution is 0.208. The third-order valence-corrected chi connectivity index (χ3v) is 3.84. The lowest BCUT2D eigenvalue weighted by atomic mass is 10.0. The normalized spacial score (nSPS) is 28.1. The fourth-order valence-electron chi connectivity index (χ4n) is 2.83. The Kier molecular flexibility index (Phi) is 3.76. The molecule has 0 aromatic carbocycles. The van der Waals surface area contributed by atoms with Crippen LogP contribution in [0.15, 0.2) is 11.1 Å². The summed E-state index contributed by atoms with van der Waals surface area (Å²) in [6.07, 6.45) is 5.38. The highest BCUT2D eigenvalue weighted by Crippen LogP contribution is 2.37. The summed E-state index contributed by atoms with van der Waals surface area (Å²) in [6, 6.07) is -0.0816. The fourth-order valence-corrected chi connectivity index (χ4v) is 3.12. The first-order valence-corrected chi connectivity index (χ1v) is 6.52. The van der Waals surface area contributed by atoms with Crippen LogP contribution in [0.25, 0.3) is 0 Å². The summed E-state index contributed by atoms with van der Waals surface area (Å²) >= 11 is 4.15. The number of hydrogen-bond acceptors (Lipinski definition) is 3. The van der Waals surface area contributed by atoms with Gasteiger partial charge in [0.1, 0.15) is 0 Å². The molecule has 1 saturated carbocycles. The van der Waals surface area contributed by atoms with E-state index in [1.165, 1.54) is 25.3 Å². The molecule has 2 atom stereocenters. The summed E-state index contributed by atoms with van der Waals surface area (Å²) in [5, 5.41) is 10.4. The van der Waals surface area contributed by atoms with E-state index in [2.05, 4.69) is 17.9 Å². The van der Waals surface area contributed by atoms with Gasteiger partial charge in [-0.3, -0.25) is 0 Å². The third-order valence-electron chi connectivity index (χ3n) is 3.60. The van der Waals surface area contributed by atoms with E-state index in [-0.39, 0.29) is 6.03 Å². The molecule has 2 fully saturated rings. The van der Waals surface area contributed by atoms with Gasteiger partial charge in [0.05, 0.1) is 5.03 Å². The monoisotopic (exact) mass is 253 g/mol. The van der Waals surface area contributed by atoms with Crippen molar-refractivity contribution < 1.29 is 4.79 Å². The Hall–Kier alpha value is -0.970. The molecule has 0 aromatic rings. The molecule has 17 heavy (non-hydrogen) atoms. The standard InChI is InChI=1S/C12H19N3OS/c1-8(13)5-11(17)14-12(16)15-6-9-3-2-4-10(9)7-15/h5,9-10,13,17H,2-4,6-7H2,1H3,(H,14,16)/b11-5-,13-8?/t9-,10?/m1/s1. The van der Waals surface area contributed by atoms with E-state index >= 15 is 0 Å². The van der Waals surface area contributed by atoms with Gasteiger partial charge in [-0.15, -0.1) is 12.6 Å². The first kappa shape index (κ1) is 12.5.